The van der Waals surface area contributed by atoms with Crippen LogP contribution in [0.4, 0.5) is 0 Å². The number of aliphatic hydroxyl groups excluding tert-OH is 1. The van der Waals surface area contributed by atoms with Crippen molar-refractivity contribution in [3.05, 3.63) is 25.3 Å². The number of likely N-dealkylation sites (N-methyl/N-ethyl adjacent to an activating group) is 1. The van der Waals surface area contributed by atoms with Crippen LogP contribution in [0.2, 0.25) is 0 Å². The van der Waals surface area contributed by atoms with Gasteiger partial charge in [0.25, 0.3) is 0 Å². The normalized spacial score (nSPS) is 31.5. The Labute approximate surface area is 208 Å². The summed E-state index contributed by atoms with van der Waals surface area (Å²) in [5.41, 5.74) is 0. The number of aliphatic hydroxyl groups is 1. The smallest absolute Gasteiger partial charge is 0.247 e. The van der Waals surface area contributed by atoms with Crippen molar-refractivity contribution in [2.45, 2.75) is 62.0 Å². The second kappa shape index (κ2) is 11.3. The molecule has 8 heteroatoms. The van der Waals surface area contributed by atoms with Crippen LogP contribution < -0.4 is 0 Å². The van der Waals surface area contributed by atoms with Gasteiger partial charge in [-0.05, 0) is 25.2 Å². The molecule has 0 aromatic heterocycles. The summed E-state index contributed by atoms with van der Waals surface area (Å²) in [7, 11) is 1.75. The van der Waals surface area contributed by atoms with Crippen LogP contribution in [-0.4, -0.2) is 93.4 Å². The maximum Gasteiger partial charge on any atom is 0.247 e. The van der Waals surface area contributed by atoms with Crippen molar-refractivity contribution in [3.63, 3.8) is 0 Å². The van der Waals surface area contributed by atoms with Crippen LogP contribution in [0.3, 0.4) is 0 Å². The van der Waals surface area contributed by atoms with Gasteiger partial charge in [-0.3, -0.25) is 14.4 Å². The molecule has 0 aromatic carbocycles. The summed E-state index contributed by atoms with van der Waals surface area (Å²) in [5.74, 6) is -0.991. The summed E-state index contributed by atoms with van der Waals surface area (Å²) >= 11 is 1.70. The molecule has 3 aliphatic rings. The van der Waals surface area contributed by atoms with Crippen LogP contribution in [0.25, 0.3) is 0 Å². The molecule has 6 atom stereocenters. The number of unbranched alkanes of at least 4 members (excludes halogenated alkanes) is 2. The Balaban J connectivity index is 2.01. The van der Waals surface area contributed by atoms with Gasteiger partial charge < -0.3 is 19.8 Å². The van der Waals surface area contributed by atoms with Gasteiger partial charge in [0.1, 0.15) is 6.04 Å². The van der Waals surface area contributed by atoms with E-state index in [4.69, 9.17) is 0 Å². The molecule has 3 saturated heterocycles. The van der Waals surface area contributed by atoms with Gasteiger partial charge in [-0.15, -0.1) is 24.9 Å². The van der Waals surface area contributed by atoms with Gasteiger partial charge in [-0.25, -0.2) is 0 Å². The summed E-state index contributed by atoms with van der Waals surface area (Å²) in [6.07, 6.45) is 7.66. The number of hydrogen-bond donors (Lipinski definition) is 1. The van der Waals surface area contributed by atoms with Crippen LogP contribution in [0.1, 0.15) is 46.0 Å². The summed E-state index contributed by atoms with van der Waals surface area (Å²) < 4.78 is -0.617. The highest BCUT2D eigenvalue weighted by Gasteiger charge is 2.76. The molecule has 3 fully saturated rings. The average molecular weight is 492 g/mol. The number of nitrogens with zero attached hydrogens (tertiary/aromatic N) is 3. The van der Waals surface area contributed by atoms with Crippen LogP contribution >= 0.6 is 11.8 Å². The number of carbonyl (C=O) groups excluding carboxylic acids is 3. The lowest BCUT2D eigenvalue weighted by atomic mass is 9.65. The fraction of sp³-hybridized carbons (Fsp3) is 0.731. The van der Waals surface area contributed by atoms with E-state index >= 15 is 0 Å². The number of amides is 3. The zero-order chi connectivity index (χ0) is 25.0. The molecule has 3 heterocycles. The third-order valence-electron chi connectivity index (χ3n) is 7.79. The van der Waals surface area contributed by atoms with E-state index < -0.39 is 22.6 Å². The Bertz CT molecular complexity index is 805. The lowest BCUT2D eigenvalue weighted by Gasteiger charge is -2.41. The van der Waals surface area contributed by atoms with Crippen molar-refractivity contribution in [2.75, 3.05) is 39.8 Å². The minimum atomic E-state index is -0.620. The molecular weight excluding hydrogens is 450 g/mol. The Hall–Kier alpha value is -1.80. The fourth-order valence-electron chi connectivity index (χ4n) is 6.27. The van der Waals surface area contributed by atoms with Crippen molar-refractivity contribution in [3.8, 4) is 0 Å². The molecule has 1 N–H and O–H groups in total. The molecule has 3 unspecified atom stereocenters. The van der Waals surface area contributed by atoms with Gasteiger partial charge in [0, 0.05) is 45.1 Å². The quantitative estimate of drug-likeness (QED) is 0.316. The first kappa shape index (κ1) is 26.8. The molecular formula is C26H41N3O4S. The third-order valence-corrected chi connectivity index (χ3v) is 9.87. The Morgan fingerprint density at radius 3 is 2.53 bits per heavy atom. The monoisotopic (exact) mass is 491 g/mol. The van der Waals surface area contributed by atoms with E-state index in [1.54, 1.807) is 40.8 Å². The van der Waals surface area contributed by atoms with Crippen molar-refractivity contribution >= 4 is 29.5 Å². The average Bonchev–Trinajstić information content (AvgIpc) is 3.40. The molecule has 3 amide bonds. The van der Waals surface area contributed by atoms with Crippen LogP contribution in [0.15, 0.2) is 25.3 Å². The van der Waals surface area contributed by atoms with Gasteiger partial charge >= 0.3 is 0 Å². The molecule has 2 bridgehead atoms. The highest BCUT2D eigenvalue weighted by molar-refractivity contribution is 8.02. The number of rotatable bonds is 13. The summed E-state index contributed by atoms with van der Waals surface area (Å²) in [6.45, 7) is 13.6. The molecule has 0 aromatic rings. The molecule has 7 nitrogen and oxygen atoms in total. The molecule has 34 heavy (non-hydrogen) atoms. The lowest BCUT2D eigenvalue weighted by molar-refractivity contribution is -0.144. The molecule has 0 radical (unpaired) electrons. The number of carbonyl (C=O) groups is 3. The highest BCUT2D eigenvalue weighted by atomic mass is 32.2. The lowest BCUT2D eigenvalue weighted by Crippen LogP contribution is -2.57. The van der Waals surface area contributed by atoms with E-state index in [9.17, 15) is 19.5 Å². The van der Waals surface area contributed by atoms with E-state index in [0.29, 0.717) is 32.6 Å². The fourth-order valence-corrected chi connectivity index (χ4v) is 8.68. The second-order valence-corrected chi connectivity index (χ2v) is 11.5. The predicted molar refractivity (Wildman–Crippen MR) is 136 cm³/mol. The van der Waals surface area contributed by atoms with E-state index in [0.717, 1.165) is 25.7 Å². The topological polar surface area (TPSA) is 81.2 Å². The van der Waals surface area contributed by atoms with Gasteiger partial charge in [0.2, 0.25) is 17.7 Å². The molecule has 3 rings (SSSR count). The molecule has 0 aliphatic carbocycles. The molecule has 190 valence electrons. The van der Waals surface area contributed by atoms with E-state index in [1.165, 1.54) is 0 Å². The van der Waals surface area contributed by atoms with Crippen molar-refractivity contribution < 1.29 is 19.5 Å². The van der Waals surface area contributed by atoms with Crippen LogP contribution in [0.5, 0.6) is 0 Å². The number of likely N-dealkylation sites (tertiary alicyclic amines) is 1. The van der Waals surface area contributed by atoms with Crippen molar-refractivity contribution in [2.24, 2.45) is 17.8 Å². The first-order valence-corrected chi connectivity index (χ1v) is 13.5. The highest BCUT2D eigenvalue weighted by Crippen LogP contribution is 2.68. The molecule has 0 saturated carbocycles. The maximum absolute atomic E-state index is 14.1. The van der Waals surface area contributed by atoms with Crippen molar-refractivity contribution in [1.29, 1.82) is 0 Å². The summed E-state index contributed by atoms with van der Waals surface area (Å²) in [6, 6.07) is -0.620. The van der Waals surface area contributed by atoms with Gasteiger partial charge in [-0.1, -0.05) is 38.8 Å². The zero-order valence-corrected chi connectivity index (χ0v) is 21.8. The molecule has 1 spiro atoms. The van der Waals surface area contributed by atoms with E-state index in [-0.39, 0.29) is 35.5 Å². The van der Waals surface area contributed by atoms with E-state index in [1.807, 2.05) is 4.90 Å². The Morgan fingerprint density at radius 1 is 1.21 bits per heavy atom. The van der Waals surface area contributed by atoms with Gasteiger partial charge in [-0.2, -0.15) is 0 Å². The number of thioether (sulfide) groups is 1. The van der Waals surface area contributed by atoms with Crippen LogP contribution in [-0.2, 0) is 14.4 Å². The number of hydrogen-bond acceptors (Lipinski definition) is 5. The minimum absolute atomic E-state index is 0.0342. The zero-order valence-electron chi connectivity index (χ0n) is 20.9. The Kier molecular flexibility index (Phi) is 8.90. The predicted octanol–water partition coefficient (Wildman–Crippen LogP) is 2.56. The maximum atomic E-state index is 14.1. The van der Waals surface area contributed by atoms with Crippen molar-refractivity contribution in [1.82, 2.24) is 14.7 Å². The third kappa shape index (κ3) is 4.43. The Morgan fingerprint density at radius 2 is 1.91 bits per heavy atom. The first-order chi connectivity index (χ1) is 16.3. The second-order valence-electron chi connectivity index (χ2n) is 9.95. The van der Waals surface area contributed by atoms with Crippen LogP contribution in [0, 0.1) is 17.8 Å². The summed E-state index contributed by atoms with van der Waals surface area (Å²) in [4.78, 5) is 46.7. The molecule has 3 aliphatic heterocycles. The van der Waals surface area contributed by atoms with Gasteiger partial charge in [0.15, 0.2) is 0 Å². The summed E-state index contributed by atoms with van der Waals surface area (Å²) in [5, 5.41) is 9.54. The van der Waals surface area contributed by atoms with E-state index in [2.05, 4.69) is 27.0 Å². The first-order valence-electron chi connectivity index (χ1n) is 12.6. The van der Waals surface area contributed by atoms with Gasteiger partial charge in [0.05, 0.1) is 16.6 Å². The minimum Gasteiger partial charge on any atom is -0.396 e. The standard InChI is InChI=1S/C26H41N3O4S/c1-6-9-10-14-28(13-8-3)25(33)22-26-18(4)17-19(34-26)20(23(31)27(5)12-7-2)21(26)24(32)29(22)15-11-16-30/h7-8,18-22,30H,2-3,6,9-17H2,1,4-5H3/t18?,19-,20+,21+,22?,26?/m1/s1. The number of fused-ring (bicyclic) bond motifs is 1. The SMILES string of the molecule is C=CCN(C)C(=O)[C@@H]1[C@H]2C(=O)N(CCCO)C(C(=O)N(CC=C)CCCCC)C23S[C@@H]1CC3C. The largest absolute Gasteiger partial charge is 0.396 e.